The van der Waals surface area contributed by atoms with Crippen molar-refractivity contribution in [2.24, 2.45) is 0 Å². The highest BCUT2D eigenvalue weighted by atomic mass is 35.5. The molecule has 212 valence electrons. The summed E-state index contributed by atoms with van der Waals surface area (Å²) in [5, 5.41) is 5.17. The van der Waals surface area contributed by atoms with Crippen LogP contribution < -0.4 is 15.0 Å². The molecule has 3 aromatic rings. The van der Waals surface area contributed by atoms with Crippen LogP contribution in [0.25, 0.3) is 0 Å². The summed E-state index contributed by atoms with van der Waals surface area (Å²) in [6.07, 6.45) is 0.145. The molecule has 0 aliphatic carbocycles. The largest absolute Gasteiger partial charge is 0.495 e. The summed E-state index contributed by atoms with van der Waals surface area (Å²) in [5.74, 6) is 0.0264. The Morgan fingerprint density at radius 2 is 1.77 bits per heavy atom. The van der Waals surface area contributed by atoms with E-state index in [9.17, 15) is 14.4 Å². The number of benzene rings is 2. The third-order valence-electron chi connectivity index (χ3n) is 6.48. The number of hydrogen-bond donors (Lipinski definition) is 1. The minimum Gasteiger partial charge on any atom is -0.495 e. The molecule has 2 heterocycles. The van der Waals surface area contributed by atoms with Crippen molar-refractivity contribution in [3.8, 4) is 5.75 Å². The van der Waals surface area contributed by atoms with E-state index in [4.69, 9.17) is 21.1 Å². The number of thiazole rings is 1. The SMILES string of the molecule is COCCN(CC(=O)Nc1nc(CC(=O)N2CCN(c3ccccc3OC)CC2)cs1)C(=O)c1ccccc1Cl. The highest BCUT2D eigenvalue weighted by molar-refractivity contribution is 7.13. The summed E-state index contributed by atoms with van der Waals surface area (Å²) in [4.78, 5) is 48.6. The number of ether oxygens (including phenoxy) is 2. The maximum absolute atomic E-state index is 13.0. The van der Waals surface area contributed by atoms with Gasteiger partial charge >= 0.3 is 0 Å². The Labute approximate surface area is 242 Å². The number of aromatic nitrogens is 1. The number of nitrogens with one attached hydrogen (secondary N) is 1. The minimum atomic E-state index is -0.406. The summed E-state index contributed by atoms with van der Waals surface area (Å²) < 4.78 is 10.6. The molecule has 4 rings (SSSR count). The quantitative estimate of drug-likeness (QED) is 0.368. The van der Waals surface area contributed by atoms with Crippen LogP contribution in [-0.2, 0) is 20.7 Å². The van der Waals surface area contributed by atoms with E-state index in [1.807, 2.05) is 29.2 Å². The van der Waals surface area contributed by atoms with Gasteiger partial charge in [0, 0.05) is 45.2 Å². The normalized spacial score (nSPS) is 13.2. The maximum Gasteiger partial charge on any atom is 0.255 e. The van der Waals surface area contributed by atoms with Crippen molar-refractivity contribution in [1.29, 1.82) is 0 Å². The first-order valence-electron chi connectivity index (χ1n) is 12.8. The monoisotopic (exact) mass is 585 g/mol. The molecule has 0 radical (unpaired) electrons. The van der Waals surface area contributed by atoms with Crippen molar-refractivity contribution >= 4 is 51.5 Å². The number of rotatable bonds is 11. The number of para-hydroxylation sites is 2. The average Bonchev–Trinajstić information content (AvgIpc) is 3.41. The third-order valence-corrected chi connectivity index (χ3v) is 7.62. The van der Waals surface area contributed by atoms with Gasteiger partial charge in [-0.2, -0.15) is 0 Å². The Balaban J connectivity index is 1.29. The Kier molecular flexibility index (Phi) is 10.3. The molecule has 1 fully saturated rings. The number of anilines is 2. The molecule has 10 nitrogen and oxygen atoms in total. The lowest BCUT2D eigenvalue weighted by Gasteiger charge is -2.36. The van der Waals surface area contributed by atoms with Gasteiger partial charge < -0.3 is 29.5 Å². The standard InChI is InChI=1S/C28H32ClN5O5S/c1-38-16-15-34(27(37)21-7-3-4-8-22(21)29)18-25(35)31-28-30-20(19-40-28)17-26(36)33-13-11-32(12-14-33)23-9-5-6-10-24(23)39-2/h3-10,19H,11-18H2,1-2H3,(H,30,31,35). The van der Waals surface area contributed by atoms with Gasteiger partial charge in [-0.15, -0.1) is 11.3 Å². The minimum absolute atomic E-state index is 0.0149. The van der Waals surface area contributed by atoms with Gasteiger partial charge in [0.25, 0.3) is 5.91 Å². The van der Waals surface area contributed by atoms with Crippen molar-refractivity contribution in [3.05, 3.63) is 70.2 Å². The second kappa shape index (κ2) is 14.1. The van der Waals surface area contributed by atoms with Gasteiger partial charge in [-0.3, -0.25) is 14.4 Å². The Bertz CT molecular complexity index is 1330. The van der Waals surface area contributed by atoms with Crippen molar-refractivity contribution in [2.45, 2.75) is 6.42 Å². The van der Waals surface area contributed by atoms with Crippen molar-refractivity contribution in [3.63, 3.8) is 0 Å². The van der Waals surface area contributed by atoms with E-state index in [0.717, 1.165) is 11.4 Å². The lowest BCUT2D eigenvalue weighted by Crippen LogP contribution is -2.49. The zero-order valence-corrected chi connectivity index (χ0v) is 24.0. The van der Waals surface area contributed by atoms with Crippen LogP contribution in [0.3, 0.4) is 0 Å². The second-order valence-electron chi connectivity index (χ2n) is 9.11. The molecule has 0 saturated carbocycles. The Morgan fingerprint density at radius 3 is 2.50 bits per heavy atom. The molecule has 40 heavy (non-hydrogen) atoms. The molecule has 1 N–H and O–H groups in total. The number of halogens is 1. The summed E-state index contributed by atoms with van der Waals surface area (Å²) in [7, 11) is 3.18. The maximum atomic E-state index is 13.0. The van der Waals surface area contributed by atoms with Crippen LogP contribution in [0.5, 0.6) is 5.75 Å². The fourth-order valence-corrected chi connectivity index (χ4v) is 5.33. The molecule has 0 unspecified atom stereocenters. The predicted octanol–water partition coefficient (Wildman–Crippen LogP) is 3.42. The van der Waals surface area contributed by atoms with Crippen LogP contribution in [0.15, 0.2) is 53.9 Å². The lowest BCUT2D eigenvalue weighted by atomic mass is 10.2. The molecule has 0 spiro atoms. The summed E-state index contributed by atoms with van der Waals surface area (Å²) in [5.41, 5.74) is 1.92. The number of carbonyl (C=O) groups excluding carboxylic acids is 3. The molecule has 1 aliphatic rings. The zero-order valence-electron chi connectivity index (χ0n) is 22.5. The first kappa shape index (κ1) is 29.3. The van der Waals surface area contributed by atoms with Gasteiger partial charge in [0.2, 0.25) is 11.8 Å². The van der Waals surface area contributed by atoms with Crippen LogP contribution in [0.1, 0.15) is 16.1 Å². The first-order valence-corrected chi connectivity index (χ1v) is 14.1. The van der Waals surface area contributed by atoms with E-state index in [-0.39, 0.29) is 37.9 Å². The van der Waals surface area contributed by atoms with Gasteiger partial charge in [0.15, 0.2) is 5.13 Å². The van der Waals surface area contributed by atoms with Gasteiger partial charge in [-0.05, 0) is 24.3 Å². The van der Waals surface area contributed by atoms with E-state index in [0.29, 0.717) is 47.6 Å². The van der Waals surface area contributed by atoms with Crippen LogP contribution >= 0.6 is 22.9 Å². The van der Waals surface area contributed by atoms with Crippen LogP contribution in [0, 0.1) is 0 Å². The molecule has 2 aromatic carbocycles. The predicted molar refractivity (Wildman–Crippen MR) is 155 cm³/mol. The molecule has 1 aliphatic heterocycles. The number of nitrogens with zero attached hydrogens (tertiary/aromatic N) is 4. The molecular weight excluding hydrogens is 554 g/mol. The van der Waals surface area contributed by atoms with Gasteiger partial charge in [0.1, 0.15) is 12.3 Å². The summed E-state index contributed by atoms with van der Waals surface area (Å²) in [6, 6.07) is 14.5. The highest BCUT2D eigenvalue weighted by Crippen LogP contribution is 2.28. The molecule has 3 amide bonds. The average molecular weight is 586 g/mol. The van der Waals surface area contributed by atoms with Crippen molar-refractivity contribution < 1.29 is 23.9 Å². The molecule has 1 aromatic heterocycles. The van der Waals surface area contributed by atoms with E-state index in [1.165, 1.54) is 23.3 Å². The fourth-order valence-electron chi connectivity index (χ4n) is 4.39. The third kappa shape index (κ3) is 7.50. The number of amides is 3. The Hall–Kier alpha value is -3.67. The molecule has 1 saturated heterocycles. The fraction of sp³-hybridized carbons (Fsp3) is 0.357. The van der Waals surface area contributed by atoms with Crippen molar-refractivity contribution in [1.82, 2.24) is 14.8 Å². The summed E-state index contributed by atoms with van der Waals surface area (Å²) in [6.45, 7) is 2.89. The highest BCUT2D eigenvalue weighted by Gasteiger charge is 2.24. The molecule has 0 atom stereocenters. The topological polar surface area (TPSA) is 104 Å². The van der Waals surface area contributed by atoms with Crippen LogP contribution in [0.2, 0.25) is 5.02 Å². The van der Waals surface area contributed by atoms with Crippen molar-refractivity contribution in [2.75, 3.05) is 70.3 Å². The van der Waals surface area contributed by atoms with Crippen LogP contribution in [-0.4, -0.2) is 92.6 Å². The number of piperazine rings is 1. The van der Waals surface area contributed by atoms with Gasteiger partial charge in [-0.1, -0.05) is 35.9 Å². The van der Waals surface area contributed by atoms with Gasteiger partial charge in [0.05, 0.1) is 42.1 Å². The summed E-state index contributed by atoms with van der Waals surface area (Å²) >= 11 is 7.42. The zero-order chi connectivity index (χ0) is 28.5. The number of hydrogen-bond acceptors (Lipinski definition) is 8. The second-order valence-corrected chi connectivity index (χ2v) is 10.4. The first-order chi connectivity index (χ1) is 19.4. The number of methoxy groups -OCH3 is 2. The van der Waals surface area contributed by atoms with E-state index >= 15 is 0 Å². The smallest absolute Gasteiger partial charge is 0.255 e. The van der Waals surface area contributed by atoms with Gasteiger partial charge in [-0.25, -0.2) is 4.98 Å². The van der Waals surface area contributed by atoms with E-state index in [2.05, 4.69) is 15.2 Å². The molecular formula is C28H32ClN5O5S. The van der Waals surface area contributed by atoms with E-state index < -0.39 is 5.91 Å². The number of carbonyl (C=O) groups is 3. The lowest BCUT2D eigenvalue weighted by molar-refractivity contribution is -0.130. The van der Waals surface area contributed by atoms with E-state index in [1.54, 1.807) is 36.8 Å². The molecule has 12 heteroatoms. The molecule has 0 bridgehead atoms. The Morgan fingerprint density at radius 1 is 1.05 bits per heavy atom. The van der Waals surface area contributed by atoms with Crippen LogP contribution in [0.4, 0.5) is 10.8 Å².